The van der Waals surface area contributed by atoms with Crippen molar-refractivity contribution in [1.82, 2.24) is 0 Å². The molecule has 3 N–H and O–H groups in total. The van der Waals surface area contributed by atoms with E-state index in [0.717, 1.165) is 23.7 Å². The fourth-order valence-corrected chi connectivity index (χ4v) is 3.20. The summed E-state index contributed by atoms with van der Waals surface area (Å²) >= 11 is 1.86. The molecule has 4 nitrogen and oxygen atoms in total. The minimum absolute atomic E-state index is 0.0443. The van der Waals surface area contributed by atoms with E-state index in [-0.39, 0.29) is 5.84 Å². The molecule has 0 amide bonds. The first-order valence-corrected chi connectivity index (χ1v) is 7.57. The average molecular weight is 280 g/mol. The van der Waals surface area contributed by atoms with E-state index >= 15 is 0 Å². The third kappa shape index (κ3) is 3.88. The molecule has 1 fully saturated rings. The van der Waals surface area contributed by atoms with Crippen molar-refractivity contribution in [2.75, 3.05) is 19.5 Å². The van der Waals surface area contributed by atoms with Gasteiger partial charge in [-0.3, -0.25) is 5.41 Å². The van der Waals surface area contributed by atoms with Gasteiger partial charge in [0.25, 0.3) is 0 Å². The lowest BCUT2D eigenvalue weighted by atomic mass is 10.1. The Morgan fingerprint density at radius 1 is 1.58 bits per heavy atom. The molecule has 19 heavy (non-hydrogen) atoms. The van der Waals surface area contributed by atoms with E-state index in [1.807, 2.05) is 30.0 Å². The van der Waals surface area contributed by atoms with Crippen LogP contribution in [-0.2, 0) is 10.5 Å². The summed E-state index contributed by atoms with van der Waals surface area (Å²) in [5.41, 5.74) is 7.39. The van der Waals surface area contributed by atoms with E-state index in [1.54, 1.807) is 7.11 Å². The van der Waals surface area contributed by atoms with Crippen LogP contribution in [0.25, 0.3) is 0 Å². The molecule has 1 aromatic carbocycles. The van der Waals surface area contributed by atoms with Gasteiger partial charge in [-0.25, -0.2) is 0 Å². The Balaban J connectivity index is 1.92. The van der Waals surface area contributed by atoms with E-state index in [2.05, 4.69) is 0 Å². The van der Waals surface area contributed by atoms with E-state index < -0.39 is 0 Å². The summed E-state index contributed by atoms with van der Waals surface area (Å²) in [6.45, 7) is 0.905. The smallest absolute Gasteiger partial charge is 0.129 e. The first-order chi connectivity index (χ1) is 9.20. The predicted molar refractivity (Wildman–Crippen MR) is 79.1 cm³/mol. The lowest BCUT2D eigenvalue weighted by Gasteiger charge is -2.11. The van der Waals surface area contributed by atoms with Crippen LogP contribution in [0.1, 0.15) is 24.0 Å². The predicted octanol–water partition coefficient (Wildman–Crippen LogP) is 2.39. The number of benzene rings is 1. The summed E-state index contributed by atoms with van der Waals surface area (Å²) in [7, 11) is 1.59. The summed E-state index contributed by atoms with van der Waals surface area (Å²) in [6.07, 6.45) is 2.77. The Kier molecular flexibility index (Phi) is 5.10. The lowest BCUT2D eigenvalue weighted by molar-refractivity contribution is 0.129. The molecule has 1 atom stereocenters. The van der Waals surface area contributed by atoms with E-state index in [4.69, 9.17) is 20.6 Å². The molecule has 1 aliphatic rings. The summed E-state index contributed by atoms with van der Waals surface area (Å²) in [5, 5.41) is 7.56. The second-order valence-electron chi connectivity index (χ2n) is 4.60. The maximum Gasteiger partial charge on any atom is 0.129 e. The minimum atomic E-state index is 0.0443. The molecule has 0 aromatic heterocycles. The van der Waals surface area contributed by atoms with Crippen molar-refractivity contribution in [2.24, 2.45) is 5.73 Å². The van der Waals surface area contributed by atoms with Gasteiger partial charge in [0, 0.05) is 18.1 Å². The van der Waals surface area contributed by atoms with Crippen LogP contribution in [0.3, 0.4) is 0 Å². The van der Waals surface area contributed by atoms with Gasteiger partial charge in [0.2, 0.25) is 0 Å². The maximum atomic E-state index is 7.56. The number of amidine groups is 1. The molecule has 0 aliphatic carbocycles. The van der Waals surface area contributed by atoms with Gasteiger partial charge < -0.3 is 15.2 Å². The van der Waals surface area contributed by atoms with Crippen LogP contribution in [-0.4, -0.2) is 31.4 Å². The summed E-state index contributed by atoms with van der Waals surface area (Å²) in [5.74, 6) is 2.63. The van der Waals surface area contributed by atoms with Gasteiger partial charge in [-0.15, -0.1) is 0 Å². The quantitative estimate of drug-likeness (QED) is 0.620. The maximum absolute atomic E-state index is 7.56. The standard InChI is InChI=1S/C14H20N2O2S/c1-17-13-5-4-10(7-12(13)14(15)16)8-19-9-11-3-2-6-18-11/h4-5,7,11H,2-3,6,8-9H2,1H3,(H3,15,16). The highest BCUT2D eigenvalue weighted by Crippen LogP contribution is 2.24. The number of methoxy groups -OCH3 is 1. The molecule has 0 bridgehead atoms. The molecule has 104 valence electrons. The number of nitrogen functional groups attached to an aromatic ring is 1. The molecule has 1 saturated heterocycles. The number of hydrogen-bond acceptors (Lipinski definition) is 4. The van der Waals surface area contributed by atoms with Crippen LogP contribution in [0.4, 0.5) is 0 Å². The number of hydrogen-bond donors (Lipinski definition) is 2. The monoisotopic (exact) mass is 280 g/mol. The molecule has 5 heteroatoms. The Morgan fingerprint density at radius 2 is 2.42 bits per heavy atom. The van der Waals surface area contributed by atoms with Gasteiger partial charge in [-0.1, -0.05) is 6.07 Å². The van der Waals surface area contributed by atoms with Crippen molar-refractivity contribution in [1.29, 1.82) is 5.41 Å². The lowest BCUT2D eigenvalue weighted by Crippen LogP contribution is -2.13. The molecule has 0 spiro atoms. The second-order valence-corrected chi connectivity index (χ2v) is 5.63. The van der Waals surface area contributed by atoms with Crippen molar-refractivity contribution in [2.45, 2.75) is 24.7 Å². The molecular weight excluding hydrogens is 260 g/mol. The van der Waals surface area contributed by atoms with Crippen LogP contribution in [0.15, 0.2) is 18.2 Å². The number of nitrogens with two attached hydrogens (primary N) is 1. The first kappa shape index (κ1) is 14.2. The SMILES string of the molecule is COc1ccc(CSCC2CCCO2)cc1C(=N)N. The van der Waals surface area contributed by atoms with Crippen LogP contribution in [0.5, 0.6) is 5.75 Å². The topological polar surface area (TPSA) is 68.3 Å². The highest BCUT2D eigenvalue weighted by molar-refractivity contribution is 7.98. The summed E-state index contributed by atoms with van der Waals surface area (Å²) < 4.78 is 10.8. The average Bonchev–Trinajstić information content (AvgIpc) is 2.91. The summed E-state index contributed by atoms with van der Waals surface area (Å²) in [4.78, 5) is 0. The molecule has 2 rings (SSSR count). The zero-order valence-electron chi connectivity index (χ0n) is 11.1. The Morgan fingerprint density at radius 3 is 3.05 bits per heavy atom. The molecule has 0 radical (unpaired) electrons. The molecular formula is C14H20N2O2S. The second kappa shape index (κ2) is 6.82. The largest absolute Gasteiger partial charge is 0.496 e. The highest BCUT2D eigenvalue weighted by Gasteiger charge is 2.15. The number of rotatable bonds is 6. The van der Waals surface area contributed by atoms with E-state index in [9.17, 15) is 0 Å². The van der Waals surface area contributed by atoms with Crippen LogP contribution in [0, 0.1) is 5.41 Å². The fourth-order valence-electron chi connectivity index (χ4n) is 2.14. The fraction of sp³-hybridized carbons (Fsp3) is 0.500. The Labute approximate surface area is 118 Å². The number of thioether (sulfide) groups is 1. The number of nitrogens with one attached hydrogen (secondary N) is 1. The Hall–Kier alpha value is -1.20. The van der Waals surface area contributed by atoms with Crippen molar-refractivity contribution in [3.63, 3.8) is 0 Å². The molecule has 1 unspecified atom stereocenters. The molecule has 1 aliphatic heterocycles. The van der Waals surface area contributed by atoms with Gasteiger partial charge in [0.05, 0.1) is 18.8 Å². The van der Waals surface area contributed by atoms with E-state index in [0.29, 0.717) is 17.4 Å². The molecule has 1 aromatic rings. The van der Waals surface area contributed by atoms with Gasteiger partial charge in [0.15, 0.2) is 0 Å². The van der Waals surface area contributed by atoms with Crippen LogP contribution in [0.2, 0.25) is 0 Å². The Bertz CT molecular complexity index is 445. The third-order valence-electron chi connectivity index (χ3n) is 3.15. The minimum Gasteiger partial charge on any atom is -0.496 e. The zero-order chi connectivity index (χ0) is 13.7. The van der Waals surface area contributed by atoms with Crippen LogP contribution < -0.4 is 10.5 Å². The van der Waals surface area contributed by atoms with Gasteiger partial charge in [-0.05, 0) is 30.5 Å². The highest BCUT2D eigenvalue weighted by atomic mass is 32.2. The zero-order valence-corrected chi connectivity index (χ0v) is 12.0. The van der Waals surface area contributed by atoms with Crippen molar-refractivity contribution in [3.05, 3.63) is 29.3 Å². The van der Waals surface area contributed by atoms with E-state index in [1.165, 1.54) is 12.8 Å². The van der Waals surface area contributed by atoms with Crippen molar-refractivity contribution in [3.8, 4) is 5.75 Å². The summed E-state index contributed by atoms with van der Waals surface area (Å²) in [6, 6.07) is 5.83. The number of ether oxygens (including phenoxy) is 2. The van der Waals surface area contributed by atoms with Crippen LogP contribution >= 0.6 is 11.8 Å². The first-order valence-electron chi connectivity index (χ1n) is 6.41. The normalized spacial score (nSPS) is 18.5. The third-order valence-corrected chi connectivity index (χ3v) is 4.30. The molecule has 1 heterocycles. The molecule has 0 saturated carbocycles. The van der Waals surface area contributed by atoms with Crippen molar-refractivity contribution < 1.29 is 9.47 Å². The van der Waals surface area contributed by atoms with Crippen molar-refractivity contribution >= 4 is 17.6 Å². The van der Waals surface area contributed by atoms with Gasteiger partial charge in [0.1, 0.15) is 11.6 Å². The van der Waals surface area contributed by atoms with Gasteiger partial charge >= 0.3 is 0 Å². The van der Waals surface area contributed by atoms with Gasteiger partial charge in [-0.2, -0.15) is 11.8 Å².